The second-order valence-electron chi connectivity index (χ2n) is 8.01. The van der Waals surface area contributed by atoms with Crippen molar-refractivity contribution in [2.45, 2.75) is 44.9 Å². The number of aryl methyl sites for hydroxylation is 1. The number of hydrogen-bond acceptors (Lipinski definition) is 7. The van der Waals surface area contributed by atoms with Crippen LogP contribution in [0.3, 0.4) is 0 Å². The molecule has 0 spiro atoms. The number of imide groups is 1. The Labute approximate surface area is 183 Å². The summed E-state index contributed by atoms with van der Waals surface area (Å²) in [5.74, 6) is -2.91. The molecule has 8 nitrogen and oxygen atoms in total. The molecule has 0 aromatic carbocycles. The van der Waals surface area contributed by atoms with E-state index in [9.17, 15) is 24.4 Å². The Bertz CT molecular complexity index is 980. The third-order valence-electron chi connectivity index (χ3n) is 6.04. The molecular formula is C22H23N3O5S. The van der Waals surface area contributed by atoms with Crippen LogP contribution in [0.25, 0.3) is 0 Å². The van der Waals surface area contributed by atoms with Crippen LogP contribution in [0, 0.1) is 23.2 Å². The van der Waals surface area contributed by atoms with Crippen molar-refractivity contribution in [3.63, 3.8) is 0 Å². The molecule has 9 heteroatoms. The first-order valence-corrected chi connectivity index (χ1v) is 11.3. The van der Waals surface area contributed by atoms with Crippen LogP contribution < -0.4 is 5.32 Å². The van der Waals surface area contributed by atoms with Crippen molar-refractivity contribution in [3.8, 4) is 6.07 Å². The highest BCUT2D eigenvalue weighted by Crippen LogP contribution is 2.37. The summed E-state index contributed by atoms with van der Waals surface area (Å²) in [5, 5.41) is 12.7. The van der Waals surface area contributed by atoms with Gasteiger partial charge in [-0.3, -0.25) is 24.1 Å². The van der Waals surface area contributed by atoms with Gasteiger partial charge < -0.3 is 10.1 Å². The number of allylic oxidation sites excluding steroid dienone is 2. The third kappa shape index (κ3) is 4.26. The molecule has 4 rings (SSSR count). The van der Waals surface area contributed by atoms with Gasteiger partial charge in [0, 0.05) is 4.88 Å². The first-order chi connectivity index (χ1) is 15.0. The number of nitriles is 1. The summed E-state index contributed by atoms with van der Waals surface area (Å²) >= 11 is 1.40. The quantitative estimate of drug-likeness (QED) is 0.324. The first kappa shape index (κ1) is 21.2. The van der Waals surface area contributed by atoms with Crippen molar-refractivity contribution in [2.24, 2.45) is 11.8 Å². The van der Waals surface area contributed by atoms with Crippen molar-refractivity contribution in [1.82, 2.24) is 4.90 Å². The van der Waals surface area contributed by atoms with Gasteiger partial charge in [0.25, 0.3) is 5.91 Å². The van der Waals surface area contributed by atoms with E-state index in [-0.39, 0.29) is 11.8 Å². The predicted octanol–water partition coefficient (Wildman–Crippen LogP) is 2.32. The zero-order chi connectivity index (χ0) is 22.0. The number of amides is 3. The molecule has 2 unspecified atom stereocenters. The molecule has 3 amide bonds. The molecule has 1 aromatic heterocycles. The molecule has 162 valence electrons. The lowest BCUT2D eigenvalue weighted by Crippen LogP contribution is -2.37. The summed E-state index contributed by atoms with van der Waals surface area (Å²) in [7, 11) is 0. The molecule has 1 fully saturated rings. The van der Waals surface area contributed by atoms with Crippen molar-refractivity contribution in [2.75, 3.05) is 18.5 Å². The maximum Gasteiger partial charge on any atom is 0.326 e. The molecule has 0 bridgehead atoms. The van der Waals surface area contributed by atoms with Gasteiger partial charge in [0.1, 0.15) is 17.6 Å². The van der Waals surface area contributed by atoms with Gasteiger partial charge in [-0.1, -0.05) is 18.6 Å². The Morgan fingerprint density at radius 3 is 2.48 bits per heavy atom. The predicted molar refractivity (Wildman–Crippen MR) is 112 cm³/mol. The number of ether oxygens (including phenoxy) is 1. The Balaban J connectivity index is 1.31. The monoisotopic (exact) mass is 441 g/mol. The van der Waals surface area contributed by atoms with E-state index in [0.717, 1.165) is 47.4 Å². The number of anilines is 1. The van der Waals surface area contributed by atoms with Gasteiger partial charge in [0.05, 0.1) is 17.4 Å². The van der Waals surface area contributed by atoms with E-state index < -0.39 is 36.9 Å². The summed E-state index contributed by atoms with van der Waals surface area (Å²) in [6.45, 7) is -1.04. The second kappa shape index (κ2) is 9.02. The molecule has 2 atom stereocenters. The van der Waals surface area contributed by atoms with Gasteiger partial charge in [-0.2, -0.15) is 5.26 Å². The SMILES string of the molecule is N#Cc1c(NC(=O)COC(=O)CN2C(=O)C3CC=CCC3C2=O)sc2c1CCCCC2. The summed E-state index contributed by atoms with van der Waals surface area (Å²) in [6.07, 6.45) is 9.68. The van der Waals surface area contributed by atoms with Gasteiger partial charge in [-0.15, -0.1) is 11.3 Å². The van der Waals surface area contributed by atoms with E-state index in [0.29, 0.717) is 23.4 Å². The molecule has 1 aliphatic heterocycles. The molecule has 1 N–H and O–H groups in total. The Hall–Kier alpha value is -2.99. The number of thiophene rings is 1. The summed E-state index contributed by atoms with van der Waals surface area (Å²) in [4.78, 5) is 51.3. The minimum Gasteiger partial charge on any atom is -0.454 e. The van der Waals surface area contributed by atoms with Crippen LogP contribution >= 0.6 is 11.3 Å². The van der Waals surface area contributed by atoms with Crippen LogP contribution in [-0.2, 0) is 36.8 Å². The summed E-state index contributed by atoms with van der Waals surface area (Å²) in [6, 6.07) is 2.19. The molecule has 31 heavy (non-hydrogen) atoms. The normalized spacial score (nSPS) is 22.4. The lowest BCUT2D eigenvalue weighted by atomic mass is 9.85. The molecule has 2 aliphatic carbocycles. The lowest BCUT2D eigenvalue weighted by Gasteiger charge is -2.14. The van der Waals surface area contributed by atoms with Gasteiger partial charge >= 0.3 is 5.97 Å². The molecule has 0 radical (unpaired) electrons. The Morgan fingerprint density at radius 2 is 1.81 bits per heavy atom. The lowest BCUT2D eigenvalue weighted by molar-refractivity contribution is -0.154. The van der Waals surface area contributed by atoms with Gasteiger partial charge in [-0.05, 0) is 44.1 Å². The van der Waals surface area contributed by atoms with Gasteiger partial charge in [0.15, 0.2) is 6.61 Å². The van der Waals surface area contributed by atoms with Gasteiger partial charge in [-0.25, -0.2) is 0 Å². The van der Waals surface area contributed by atoms with Crippen LogP contribution in [0.15, 0.2) is 12.2 Å². The van der Waals surface area contributed by atoms with E-state index in [2.05, 4.69) is 11.4 Å². The number of fused-ring (bicyclic) bond motifs is 2. The highest BCUT2D eigenvalue weighted by molar-refractivity contribution is 7.16. The Morgan fingerprint density at radius 1 is 1.13 bits per heavy atom. The molecule has 3 aliphatic rings. The van der Waals surface area contributed by atoms with E-state index in [1.54, 1.807) is 0 Å². The molecule has 1 saturated heterocycles. The van der Waals surface area contributed by atoms with Crippen LogP contribution in [0.2, 0.25) is 0 Å². The maximum atomic E-state index is 12.4. The number of nitrogens with one attached hydrogen (secondary N) is 1. The number of nitrogens with zero attached hydrogens (tertiary/aromatic N) is 2. The minimum absolute atomic E-state index is 0.362. The molecule has 2 heterocycles. The number of rotatable bonds is 5. The molecular weight excluding hydrogens is 418 g/mol. The third-order valence-corrected chi connectivity index (χ3v) is 7.24. The van der Waals surface area contributed by atoms with Crippen molar-refractivity contribution in [3.05, 3.63) is 28.2 Å². The van der Waals surface area contributed by atoms with E-state index in [1.165, 1.54) is 11.3 Å². The molecule has 0 saturated carbocycles. The summed E-state index contributed by atoms with van der Waals surface area (Å²) in [5.41, 5.74) is 1.50. The van der Waals surface area contributed by atoms with Crippen LogP contribution in [0.4, 0.5) is 5.00 Å². The topological polar surface area (TPSA) is 117 Å². The average Bonchev–Trinajstić information content (AvgIpc) is 3.09. The Kier molecular flexibility index (Phi) is 6.18. The highest BCUT2D eigenvalue weighted by atomic mass is 32.1. The van der Waals surface area contributed by atoms with Crippen LogP contribution in [0.1, 0.15) is 48.1 Å². The zero-order valence-corrected chi connectivity index (χ0v) is 17.8. The second-order valence-corrected chi connectivity index (χ2v) is 9.11. The number of hydrogen-bond donors (Lipinski definition) is 1. The van der Waals surface area contributed by atoms with Crippen molar-refractivity contribution < 1.29 is 23.9 Å². The number of carbonyl (C=O) groups is 4. The fourth-order valence-corrected chi connectivity index (χ4v) is 5.71. The minimum atomic E-state index is -0.814. The molecule has 1 aromatic rings. The number of esters is 1. The zero-order valence-electron chi connectivity index (χ0n) is 17.0. The summed E-state index contributed by atoms with van der Waals surface area (Å²) < 4.78 is 4.99. The van der Waals surface area contributed by atoms with E-state index in [4.69, 9.17) is 4.74 Å². The standard InChI is InChI=1S/C22H23N3O5S/c23-10-16-13-6-2-1-3-9-17(13)31-20(16)24-18(26)12-30-19(27)11-25-21(28)14-7-4-5-8-15(14)22(25)29/h4-5,14-15H,1-3,6-9,11-12H2,(H,24,26). The smallest absolute Gasteiger partial charge is 0.326 e. The van der Waals surface area contributed by atoms with E-state index in [1.807, 2.05) is 12.2 Å². The van der Waals surface area contributed by atoms with Gasteiger partial charge in [0.2, 0.25) is 11.8 Å². The van der Waals surface area contributed by atoms with E-state index >= 15 is 0 Å². The van der Waals surface area contributed by atoms with Crippen LogP contribution in [0.5, 0.6) is 0 Å². The maximum absolute atomic E-state index is 12.4. The highest BCUT2D eigenvalue weighted by Gasteiger charge is 2.47. The fourth-order valence-electron chi connectivity index (χ4n) is 4.46. The largest absolute Gasteiger partial charge is 0.454 e. The van der Waals surface area contributed by atoms with Crippen molar-refractivity contribution >= 4 is 40.0 Å². The van der Waals surface area contributed by atoms with Crippen LogP contribution in [-0.4, -0.2) is 41.7 Å². The first-order valence-electron chi connectivity index (χ1n) is 10.5. The number of likely N-dealkylation sites (tertiary alicyclic amines) is 1. The fraction of sp³-hybridized carbons (Fsp3) is 0.500. The van der Waals surface area contributed by atoms with Crippen molar-refractivity contribution in [1.29, 1.82) is 5.26 Å². The average molecular weight is 442 g/mol. The number of carbonyl (C=O) groups excluding carboxylic acids is 4.